The lowest BCUT2D eigenvalue weighted by Gasteiger charge is -2.41. The standard InChI is InChI=1S/C20H35N3O2/c1-20(21)12-6-5-9-17(20)19(25)23-13-10-15(11-14-23)18(24)22-16-7-3-2-4-8-16/h15-17H,2-14,21H2,1H3,(H,22,24). The first kappa shape index (κ1) is 18.7. The third-order valence-electron chi connectivity index (χ3n) is 6.68. The zero-order chi connectivity index (χ0) is 17.9. The molecule has 0 aromatic rings. The van der Waals surface area contributed by atoms with Crippen LogP contribution in [-0.4, -0.2) is 41.4 Å². The van der Waals surface area contributed by atoms with Crippen LogP contribution in [0, 0.1) is 11.8 Å². The Morgan fingerprint density at radius 1 is 0.960 bits per heavy atom. The fourth-order valence-electron chi connectivity index (χ4n) is 4.91. The maximum Gasteiger partial charge on any atom is 0.227 e. The van der Waals surface area contributed by atoms with Crippen molar-refractivity contribution in [2.24, 2.45) is 17.6 Å². The van der Waals surface area contributed by atoms with Crippen molar-refractivity contribution in [2.45, 2.75) is 89.1 Å². The summed E-state index contributed by atoms with van der Waals surface area (Å²) in [5.41, 5.74) is 6.03. The van der Waals surface area contributed by atoms with Gasteiger partial charge in [0.05, 0.1) is 5.92 Å². The summed E-state index contributed by atoms with van der Waals surface area (Å²) in [4.78, 5) is 27.4. The van der Waals surface area contributed by atoms with E-state index in [1.165, 1.54) is 19.3 Å². The molecule has 142 valence electrons. The van der Waals surface area contributed by atoms with Crippen LogP contribution in [0.2, 0.25) is 0 Å². The lowest BCUT2D eigenvalue weighted by Crippen LogP contribution is -2.55. The van der Waals surface area contributed by atoms with Crippen LogP contribution in [0.5, 0.6) is 0 Å². The molecule has 3 aliphatic rings. The molecule has 2 unspecified atom stereocenters. The van der Waals surface area contributed by atoms with E-state index in [9.17, 15) is 9.59 Å². The Bertz CT molecular complexity index is 477. The highest BCUT2D eigenvalue weighted by Gasteiger charge is 2.41. The molecular formula is C20H35N3O2. The summed E-state index contributed by atoms with van der Waals surface area (Å²) < 4.78 is 0. The van der Waals surface area contributed by atoms with Gasteiger partial charge in [-0.2, -0.15) is 0 Å². The monoisotopic (exact) mass is 349 g/mol. The lowest BCUT2D eigenvalue weighted by molar-refractivity contribution is -0.142. The normalized spacial score (nSPS) is 32.4. The summed E-state index contributed by atoms with van der Waals surface area (Å²) in [6, 6.07) is 0.376. The van der Waals surface area contributed by atoms with Crippen molar-refractivity contribution in [2.75, 3.05) is 13.1 Å². The van der Waals surface area contributed by atoms with E-state index in [2.05, 4.69) is 5.32 Å². The number of nitrogens with zero attached hydrogens (tertiary/aromatic N) is 1. The van der Waals surface area contributed by atoms with Gasteiger partial charge in [0.25, 0.3) is 0 Å². The maximum absolute atomic E-state index is 12.9. The van der Waals surface area contributed by atoms with Gasteiger partial charge in [-0.1, -0.05) is 32.1 Å². The average molecular weight is 350 g/mol. The van der Waals surface area contributed by atoms with Crippen molar-refractivity contribution in [1.29, 1.82) is 0 Å². The molecule has 0 aromatic heterocycles. The molecule has 2 atom stereocenters. The first-order chi connectivity index (χ1) is 12.0. The Labute approximate surface area is 152 Å². The third-order valence-corrected chi connectivity index (χ3v) is 6.68. The summed E-state index contributed by atoms with van der Waals surface area (Å²) in [5, 5.41) is 3.25. The van der Waals surface area contributed by atoms with E-state index in [-0.39, 0.29) is 29.2 Å². The van der Waals surface area contributed by atoms with Crippen molar-refractivity contribution in [1.82, 2.24) is 10.2 Å². The highest BCUT2D eigenvalue weighted by Crippen LogP contribution is 2.34. The molecule has 1 heterocycles. The number of likely N-dealkylation sites (tertiary alicyclic amines) is 1. The Kier molecular flexibility index (Phi) is 6.03. The molecule has 25 heavy (non-hydrogen) atoms. The zero-order valence-corrected chi connectivity index (χ0v) is 15.8. The average Bonchev–Trinajstić information content (AvgIpc) is 2.62. The summed E-state index contributed by atoms with van der Waals surface area (Å²) in [5.74, 6) is 0.451. The molecule has 0 spiro atoms. The van der Waals surface area contributed by atoms with Crippen LogP contribution >= 0.6 is 0 Å². The minimum absolute atomic E-state index is 0.0473. The Balaban J connectivity index is 1.47. The van der Waals surface area contributed by atoms with Gasteiger partial charge >= 0.3 is 0 Å². The fourth-order valence-corrected chi connectivity index (χ4v) is 4.91. The smallest absolute Gasteiger partial charge is 0.227 e. The van der Waals surface area contributed by atoms with Gasteiger partial charge in [-0.15, -0.1) is 0 Å². The van der Waals surface area contributed by atoms with Crippen molar-refractivity contribution in [3.8, 4) is 0 Å². The minimum atomic E-state index is -0.370. The van der Waals surface area contributed by atoms with Gasteiger partial charge < -0.3 is 16.0 Å². The molecular weight excluding hydrogens is 314 g/mol. The van der Waals surface area contributed by atoms with Gasteiger partial charge in [-0.3, -0.25) is 9.59 Å². The molecule has 2 amide bonds. The molecule has 5 heteroatoms. The van der Waals surface area contributed by atoms with Gasteiger partial charge in [-0.05, 0) is 45.4 Å². The predicted octanol–water partition coefficient (Wildman–Crippen LogP) is 2.58. The van der Waals surface area contributed by atoms with Gasteiger partial charge in [0.2, 0.25) is 11.8 Å². The number of carbonyl (C=O) groups excluding carboxylic acids is 2. The van der Waals surface area contributed by atoms with E-state index in [4.69, 9.17) is 5.73 Å². The molecule has 1 saturated heterocycles. The van der Waals surface area contributed by atoms with Gasteiger partial charge in [0, 0.05) is 30.6 Å². The quantitative estimate of drug-likeness (QED) is 0.822. The molecule has 0 bridgehead atoms. The number of carbonyl (C=O) groups is 2. The summed E-state index contributed by atoms with van der Waals surface area (Å²) in [6.07, 6.45) is 11.7. The molecule has 2 aliphatic carbocycles. The number of amides is 2. The Hall–Kier alpha value is -1.10. The van der Waals surface area contributed by atoms with E-state index >= 15 is 0 Å². The summed E-state index contributed by atoms with van der Waals surface area (Å²) in [6.45, 7) is 3.43. The minimum Gasteiger partial charge on any atom is -0.353 e. The van der Waals surface area contributed by atoms with Crippen LogP contribution in [0.4, 0.5) is 0 Å². The van der Waals surface area contributed by atoms with Crippen molar-refractivity contribution in [3.05, 3.63) is 0 Å². The van der Waals surface area contributed by atoms with Crippen LogP contribution < -0.4 is 11.1 Å². The molecule has 3 N–H and O–H groups in total. The Morgan fingerprint density at radius 3 is 2.24 bits per heavy atom. The van der Waals surface area contributed by atoms with Gasteiger partial charge in [0.15, 0.2) is 0 Å². The topological polar surface area (TPSA) is 75.4 Å². The second kappa shape index (κ2) is 8.07. The number of hydrogen-bond donors (Lipinski definition) is 2. The Morgan fingerprint density at radius 2 is 1.60 bits per heavy atom. The maximum atomic E-state index is 12.9. The number of nitrogens with two attached hydrogens (primary N) is 1. The second-order valence-electron chi connectivity index (χ2n) is 8.75. The van der Waals surface area contributed by atoms with Crippen LogP contribution in [0.25, 0.3) is 0 Å². The van der Waals surface area contributed by atoms with Crippen molar-refractivity contribution in [3.63, 3.8) is 0 Å². The molecule has 5 nitrogen and oxygen atoms in total. The van der Waals surface area contributed by atoms with E-state index in [1.807, 2.05) is 11.8 Å². The van der Waals surface area contributed by atoms with Crippen LogP contribution in [-0.2, 0) is 9.59 Å². The molecule has 3 rings (SSSR count). The number of nitrogens with one attached hydrogen (secondary N) is 1. The largest absolute Gasteiger partial charge is 0.353 e. The first-order valence-electron chi connectivity index (χ1n) is 10.4. The highest BCUT2D eigenvalue weighted by molar-refractivity contribution is 5.82. The molecule has 0 radical (unpaired) electrons. The van der Waals surface area contributed by atoms with Crippen LogP contribution in [0.15, 0.2) is 0 Å². The molecule has 0 aromatic carbocycles. The number of hydrogen-bond acceptors (Lipinski definition) is 3. The fraction of sp³-hybridized carbons (Fsp3) is 0.900. The zero-order valence-electron chi connectivity index (χ0n) is 15.8. The predicted molar refractivity (Wildman–Crippen MR) is 98.9 cm³/mol. The van der Waals surface area contributed by atoms with Gasteiger partial charge in [0.1, 0.15) is 0 Å². The van der Waals surface area contributed by atoms with Crippen molar-refractivity contribution >= 4 is 11.8 Å². The van der Waals surface area contributed by atoms with Crippen molar-refractivity contribution < 1.29 is 9.59 Å². The van der Waals surface area contributed by atoms with E-state index in [0.717, 1.165) is 51.4 Å². The summed E-state index contributed by atoms with van der Waals surface area (Å²) >= 11 is 0. The molecule has 3 fully saturated rings. The third kappa shape index (κ3) is 4.55. The van der Waals surface area contributed by atoms with E-state index in [1.54, 1.807) is 0 Å². The van der Waals surface area contributed by atoms with Crippen LogP contribution in [0.1, 0.15) is 77.6 Å². The summed E-state index contributed by atoms with van der Waals surface area (Å²) in [7, 11) is 0. The van der Waals surface area contributed by atoms with E-state index in [0.29, 0.717) is 19.1 Å². The highest BCUT2D eigenvalue weighted by atomic mass is 16.2. The first-order valence-corrected chi connectivity index (χ1v) is 10.4. The van der Waals surface area contributed by atoms with E-state index < -0.39 is 0 Å². The molecule has 1 aliphatic heterocycles. The molecule has 2 saturated carbocycles. The van der Waals surface area contributed by atoms with Gasteiger partial charge in [-0.25, -0.2) is 0 Å². The lowest BCUT2D eigenvalue weighted by atomic mass is 9.73. The van der Waals surface area contributed by atoms with Crippen LogP contribution in [0.3, 0.4) is 0 Å². The second-order valence-corrected chi connectivity index (χ2v) is 8.75. The number of piperidine rings is 1. The number of rotatable bonds is 3. The SMILES string of the molecule is CC1(N)CCCCC1C(=O)N1CCC(C(=O)NC2CCCCC2)CC1.